The number of nitrogens with zero attached hydrogens (tertiary/aromatic N) is 2. The van der Waals surface area contributed by atoms with Gasteiger partial charge in [0, 0.05) is 32.1 Å². The minimum atomic E-state index is -3.68. The van der Waals surface area contributed by atoms with E-state index in [9.17, 15) is 18.0 Å². The van der Waals surface area contributed by atoms with Gasteiger partial charge in [-0.3, -0.25) is 14.2 Å². The second-order valence-electron chi connectivity index (χ2n) is 8.48. The van der Waals surface area contributed by atoms with E-state index in [4.69, 9.17) is 0 Å². The smallest absolute Gasteiger partial charge is 0.308 e. The molecule has 1 amide bonds. The first-order valence-corrected chi connectivity index (χ1v) is 13.5. The minimum Gasteiger partial charge on any atom is -0.355 e. The topological polar surface area (TPSA) is 88.5 Å². The van der Waals surface area contributed by atoms with Crippen molar-refractivity contribution in [3.63, 3.8) is 0 Å². The van der Waals surface area contributed by atoms with E-state index in [1.165, 1.54) is 9.87 Å². The maximum atomic E-state index is 13.2. The fraction of sp³-hybridized carbons (Fsp3) is 0.417. The van der Waals surface area contributed by atoms with Crippen molar-refractivity contribution >= 4 is 37.5 Å². The Balaban J connectivity index is 1.37. The Labute approximate surface area is 198 Å². The van der Waals surface area contributed by atoms with Gasteiger partial charge in [0.2, 0.25) is 15.9 Å². The van der Waals surface area contributed by atoms with Crippen LogP contribution >= 0.6 is 11.3 Å². The lowest BCUT2D eigenvalue weighted by atomic mass is 9.96. The molecule has 0 radical (unpaired) electrons. The molecule has 0 bridgehead atoms. The van der Waals surface area contributed by atoms with E-state index in [-0.39, 0.29) is 27.5 Å². The first kappa shape index (κ1) is 23.7. The molecule has 1 N–H and O–H groups in total. The van der Waals surface area contributed by atoms with Crippen molar-refractivity contribution in [2.75, 3.05) is 19.6 Å². The zero-order chi connectivity index (χ0) is 23.6. The van der Waals surface area contributed by atoms with Gasteiger partial charge in [0.15, 0.2) is 0 Å². The van der Waals surface area contributed by atoms with Crippen molar-refractivity contribution in [1.29, 1.82) is 0 Å². The van der Waals surface area contributed by atoms with E-state index in [2.05, 4.69) is 12.2 Å². The number of carbonyl (C=O) groups is 1. The Kier molecular flexibility index (Phi) is 7.02. The number of hydrogen-bond acceptors (Lipinski definition) is 5. The van der Waals surface area contributed by atoms with E-state index in [1.54, 1.807) is 22.8 Å². The highest BCUT2D eigenvalue weighted by atomic mass is 32.2. The van der Waals surface area contributed by atoms with Crippen molar-refractivity contribution in [1.82, 2.24) is 14.2 Å². The number of rotatable bonds is 7. The lowest BCUT2D eigenvalue weighted by Crippen LogP contribution is -2.43. The molecule has 176 valence electrons. The van der Waals surface area contributed by atoms with Crippen LogP contribution in [0.5, 0.6) is 0 Å². The molecule has 9 heteroatoms. The predicted octanol–water partition coefficient (Wildman–Crippen LogP) is 3.40. The monoisotopic (exact) mass is 487 g/mol. The molecule has 1 fully saturated rings. The van der Waals surface area contributed by atoms with Gasteiger partial charge in [-0.1, -0.05) is 48.6 Å². The standard InChI is InChI=1S/C24H29N3O4S2/c1-3-27-21-10-9-20(15-22(21)32-24(27)29)33(30,31)26-13-11-19(12-14-26)23(28)25-16-17(2)18-7-5-4-6-8-18/h4-10,15,17,19H,3,11-14,16H2,1-2H3,(H,25,28). The SMILES string of the molecule is CCn1c(=O)sc2cc(S(=O)(=O)N3CCC(C(=O)NCC(C)c4ccccc4)CC3)ccc21. The van der Waals surface area contributed by atoms with Gasteiger partial charge in [-0.2, -0.15) is 4.31 Å². The molecule has 1 atom stereocenters. The van der Waals surface area contributed by atoms with Crippen LogP contribution in [-0.2, 0) is 21.4 Å². The van der Waals surface area contributed by atoms with Crippen molar-refractivity contribution in [2.45, 2.75) is 44.0 Å². The van der Waals surface area contributed by atoms with Gasteiger partial charge >= 0.3 is 4.87 Å². The zero-order valence-electron chi connectivity index (χ0n) is 18.9. The first-order chi connectivity index (χ1) is 15.8. The number of aryl methyl sites for hydroxylation is 1. The highest BCUT2D eigenvalue weighted by Crippen LogP contribution is 2.27. The Morgan fingerprint density at radius 1 is 1.15 bits per heavy atom. The lowest BCUT2D eigenvalue weighted by molar-refractivity contribution is -0.126. The van der Waals surface area contributed by atoms with Crippen LogP contribution in [0.15, 0.2) is 58.2 Å². The molecule has 2 aromatic carbocycles. The zero-order valence-corrected chi connectivity index (χ0v) is 20.5. The number of sulfonamides is 1. The molecule has 1 aliphatic rings. The van der Waals surface area contributed by atoms with E-state index in [1.807, 2.05) is 37.3 Å². The molecule has 0 spiro atoms. The number of piperidine rings is 1. The molecule has 0 saturated carbocycles. The molecule has 1 saturated heterocycles. The summed E-state index contributed by atoms with van der Waals surface area (Å²) in [6.45, 7) is 5.68. The van der Waals surface area contributed by atoms with Crippen LogP contribution in [0.25, 0.3) is 10.2 Å². The number of nitrogens with one attached hydrogen (secondary N) is 1. The molecular weight excluding hydrogens is 458 g/mol. The molecule has 4 rings (SSSR count). The van der Waals surface area contributed by atoms with Gasteiger partial charge < -0.3 is 5.32 Å². The summed E-state index contributed by atoms with van der Waals surface area (Å²) in [5, 5.41) is 3.03. The Morgan fingerprint density at radius 3 is 2.52 bits per heavy atom. The number of thiazole rings is 1. The number of fused-ring (bicyclic) bond motifs is 1. The van der Waals surface area contributed by atoms with Crippen molar-refractivity contribution in [3.05, 3.63) is 63.8 Å². The summed E-state index contributed by atoms with van der Waals surface area (Å²) in [4.78, 5) is 24.9. The summed E-state index contributed by atoms with van der Waals surface area (Å²) in [6, 6.07) is 14.9. The van der Waals surface area contributed by atoms with Gasteiger partial charge in [0.25, 0.3) is 0 Å². The summed E-state index contributed by atoms with van der Waals surface area (Å²) >= 11 is 1.06. The Hall–Kier alpha value is -2.49. The van der Waals surface area contributed by atoms with Crippen LogP contribution in [0, 0.1) is 5.92 Å². The normalized spacial score (nSPS) is 16.7. The van der Waals surface area contributed by atoms with Gasteiger partial charge in [-0.05, 0) is 49.4 Å². The maximum absolute atomic E-state index is 13.2. The lowest BCUT2D eigenvalue weighted by Gasteiger charge is -2.30. The number of hydrogen-bond donors (Lipinski definition) is 1. The average Bonchev–Trinajstić information content (AvgIpc) is 3.16. The molecule has 33 heavy (non-hydrogen) atoms. The van der Waals surface area contributed by atoms with Crippen LogP contribution in [0.1, 0.15) is 38.2 Å². The number of aromatic nitrogens is 1. The van der Waals surface area contributed by atoms with Gasteiger partial charge in [0.05, 0.1) is 15.1 Å². The van der Waals surface area contributed by atoms with Crippen LogP contribution in [0.2, 0.25) is 0 Å². The van der Waals surface area contributed by atoms with Gasteiger partial charge in [-0.15, -0.1) is 0 Å². The Bertz CT molecular complexity index is 1290. The minimum absolute atomic E-state index is 0.0121. The van der Waals surface area contributed by atoms with Gasteiger partial charge in [-0.25, -0.2) is 8.42 Å². The van der Waals surface area contributed by atoms with E-state index in [0.717, 1.165) is 16.9 Å². The van der Waals surface area contributed by atoms with Crippen molar-refractivity contribution < 1.29 is 13.2 Å². The van der Waals surface area contributed by atoms with E-state index < -0.39 is 10.0 Å². The Morgan fingerprint density at radius 2 is 1.85 bits per heavy atom. The predicted molar refractivity (Wildman–Crippen MR) is 131 cm³/mol. The van der Waals surface area contributed by atoms with Crippen molar-refractivity contribution in [3.8, 4) is 0 Å². The molecule has 1 aromatic heterocycles. The average molecular weight is 488 g/mol. The third kappa shape index (κ3) is 4.90. The molecule has 0 aliphatic carbocycles. The summed E-state index contributed by atoms with van der Waals surface area (Å²) in [6.07, 6.45) is 0.985. The van der Waals surface area contributed by atoms with Crippen LogP contribution < -0.4 is 10.2 Å². The fourth-order valence-electron chi connectivity index (χ4n) is 4.31. The van der Waals surface area contributed by atoms with Crippen LogP contribution in [-0.4, -0.2) is 42.8 Å². The van der Waals surface area contributed by atoms with E-state index >= 15 is 0 Å². The van der Waals surface area contributed by atoms with Crippen molar-refractivity contribution in [2.24, 2.45) is 5.92 Å². The maximum Gasteiger partial charge on any atom is 0.308 e. The fourth-order valence-corrected chi connectivity index (χ4v) is 6.88. The number of carbonyl (C=O) groups excluding carboxylic acids is 1. The molecule has 2 heterocycles. The highest BCUT2D eigenvalue weighted by molar-refractivity contribution is 7.89. The second-order valence-corrected chi connectivity index (χ2v) is 11.4. The molecule has 1 unspecified atom stereocenters. The quantitative estimate of drug-likeness (QED) is 0.553. The highest BCUT2D eigenvalue weighted by Gasteiger charge is 2.32. The second kappa shape index (κ2) is 9.79. The molecule has 1 aliphatic heterocycles. The molecule has 3 aromatic rings. The summed E-state index contributed by atoms with van der Waals surface area (Å²) in [7, 11) is -3.68. The van der Waals surface area contributed by atoms with Crippen LogP contribution in [0.4, 0.5) is 0 Å². The van der Waals surface area contributed by atoms with Gasteiger partial charge in [0.1, 0.15) is 0 Å². The van der Waals surface area contributed by atoms with Crippen LogP contribution in [0.3, 0.4) is 0 Å². The third-order valence-electron chi connectivity index (χ3n) is 6.37. The summed E-state index contributed by atoms with van der Waals surface area (Å²) < 4.78 is 30.1. The molecular formula is C24H29N3O4S2. The molecule has 7 nitrogen and oxygen atoms in total. The summed E-state index contributed by atoms with van der Waals surface area (Å²) in [5.41, 5.74) is 1.93. The first-order valence-electron chi connectivity index (χ1n) is 11.3. The number of amides is 1. The third-order valence-corrected chi connectivity index (χ3v) is 9.21. The largest absolute Gasteiger partial charge is 0.355 e. The number of benzene rings is 2. The summed E-state index contributed by atoms with van der Waals surface area (Å²) in [5.74, 6) is 0.0106. The van der Waals surface area contributed by atoms with E-state index in [0.29, 0.717) is 43.7 Å².